The average molecular weight is 322 g/mol. The number of halogens is 2. The number of nitriles is 1. The topological polar surface area (TPSA) is 71.8 Å². The van der Waals surface area contributed by atoms with Crippen molar-refractivity contribution < 1.29 is 4.39 Å². The number of aromatic nitrogens is 1. The highest BCUT2D eigenvalue weighted by molar-refractivity contribution is 9.10. The van der Waals surface area contributed by atoms with Crippen LogP contribution in [-0.4, -0.2) is 4.57 Å². The van der Waals surface area contributed by atoms with Gasteiger partial charge in [-0.1, -0.05) is 12.1 Å². The van der Waals surface area contributed by atoms with E-state index in [0.717, 1.165) is 0 Å². The SMILES string of the molecule is N#Cc1cccc(Cn2cc(N)c(=O)c(Br)c2)c1F. The van der Waals surface area contributed by atoms with E-state index in [1.807, 2.05) is 0 Å². The van der Waals surface area contributed by atoms with Gasteiger partial charge in [0.05, 0.1) is 22.3 Å². The Labute approximate surface area is 117 Å². The van der Waals surface area contributed by atoms with E-state index >= 15 is 0 Å². The molecule has 0 bridgehead atoms. The van der Waals surface area contributed by atoms with Gasteiger partial charge in [0.15, 0.2) is 0 Å². The predicted molar refractivity (Wildman–Crippen MR) is 73.0 cm³/mol. The second kappa shape index (κ2) is 5.24. The highest BCUT2D eigenvalue weighted by Gasteiger charge is 2.09. The zero-order valence-corrected chi connectivity index (χ0v) is 11.3. The van der Waals surface area contributed by atoms with Gasteiger partial charge >= 0.3 is 0 Å². The van der Waals surface area contributed by atoms with Crippen LogP contribution in [0, 0.1) is 17.1 Å². The first-order chi connectivity index (χ1) is 9.02. The van der Waals surface area contributed by atoms with Crippen LogP contribution in [0.25, 0.3) is 0 Å². The molecule has 1 heterocycles. The monoisotopic (exact) mass is 321 g/mol. The Balaban J connectivity index is 2.43. The molecule has 2 rings (SSSR count). The lowest BCUT2D eigenvalue weighted by Crippen LogP contribution is -2.14. The first kappa shape index (κ1) is 13.3. The highest BCUT2D eigenvalue weighted by Crippen LogP contribution is 2.15. The Morgan fingerprint density at radius 2 is 2.16 bits per heavy atom. The summed E-state index contributed by atoms with van der Waals surface area (Å²) in [6.07, 6.45) is 2.96. The molecule has 0 saturated heterocycles. The minimum Gasteiger partial charge on any atom is -0.394 e. The van der Waals surface area contributed by atoms with Crippen molar-refractivity contribution in [2.75, 3.05) is 5.73 Å². The van der Waals surface area contributed by atoms with Crippen molar-refractivity contribution in [3.63, 3.8) is 0 Å². The van der Waals surface area contributed by atoms with Gasteiger partial charge in [-0.05, 0) is 22.0 Å². The molecule has 0 amide bonds. The molecule has 2 N–H and O–H groups in total. The van der Waals surface area contributed by atoms with Crippen molar-refractivity contribution in [3.8, 4) is 6.07 Å². The summed E-state index contributed by atoms with van der Waals surface area (Å²) in [5.74, 6) is -0.557. The van der Waals surface area contributed by atoms with Crippen molar-refractivity contribution in [2.45, 2.75) is 6.54 Å². The fraction of sp³-hybridized carbons (Fsp3) is 0.0769. The summed E-state index contributed by atoms with van der Waals surface area (Å²) < 4.78 is 15.8. The van der Waals surface area contributed by atoms with Crippen LogP contribution in [0.4, 0.5) is 10.1 Å². The maximum Gasteiger partial charge on any atom is 0.218 e. The average Bonchev–Trinajstić information content (AvgIpc) is 2.38. The van der Waals surface area contributed by atoms with Gasteiger partial charge in [0.2, 0.25) is 5.43 Å². The molecule has 96 valence electrons. The van der Waals surface area contributed by atoms with E-state index in [2.05, 4.69) is 15.9 Å². The maximum absolute atomic E-state index is 13.9. The summed E-state index contributed by atoms with van der Waals surface area (Å²) in [7, 11) is 0. The minimum absolute atomic E-state index is 0.00872. The van der Waals surface area contributed by atoms with Gasteiger partial charge in [-0.25, -0.2) is 4.39 Å². The van der Waals surface area contributed by atoms with E-state index in [0.29, 0.717) is 10.0 Å². The van der Waals surface area contributed by atoms with Gasteiger partial charge in [0.1, 0.15) is 11.9 Å². The van der Waals surface area contributed by atoms with E-state index < -0.39 is 5.82 Å². The third-order valence-corrected chi connectivity index (χ3v) is 3.18. The van der Waals surface area contributed by atoms with Crippen LogP contribution in [0.2, 0.25) is 0 Å². The fourth-order valence-corrected chi connectivity index (χ4v) is 2.18. The summed E-state index contributed by atoms with van der Waals surface area (Å²) in [5.41, 5.74) is 5.68. The molecule has 0 radical (unpaired) electrons. The number of hydrogen-bond donors (Lipinski definition) is 1. The maximum atomic E-state index is 13.9. The number of rotatable bonds is 2. The molecule has 0 aliphatic heterocycles. The van der Waals surface area contributed by atoms with Crippen molar-refractivity contribution in [3.05, 3.63) is 62.2 Å². The Bertz CT molecular complexity index is 707. The Kier molecular flexibility index (Phi) is 3.67. The molecule has 1 aromatic carbocycles. The predicted octanol–water partition coefficient (Wildman–Crippen LogP) is 2.25. The zero-order valence-electron chi connectivity index (χ0n) is 9.73. The molecule has 0 aliphatic rings. The van der Waals surface area contributed by atoms with E-state index in [1.54, 1.807) is 22.8 Å². The fourth-order valence-electron chi connectivity index (χ4n) is 1.69. The first-order valence-electron chi connectivity index (χ1n) is 5.35. The minimum atomic E-state index is -0.557. The lowest BCUT2D eigenvalue weighted by molar-refractivity contribution is 0.595. The quantitative estimate of drug-likeness (QED) is 0.922. The molecule has 0 fully saturated rings. The number of anilines is 1. The van der Waals surface area contributed by atoms with E-state index in [1.165, 1.54) is 18.5 Å². The number of nitrogens with zero attached hydrogens (tertiary/aromatic N) is 2. The van der Waals surface area contributed by atoms with Crippen molar-refractivity contribution in [2.24, 2.45) is 0 Å². The largest absolute Gasteiger partial charge is 0.394 e. The van der Waals surface area contributed by atoms with E-state index in [4.69, 9.17) is 11.0 Å². The number of hydrogen-bond acceptors (Lipinski definition) is 3. The summed E-state index contributed by atoms with van der Waals surface area (Å²) in [6, 6.07) is 6.39. The highest BCUT2D eigenvalue weighted by atomic mass is 79.9. The van der Waals surface area contributed by atoms with Gasteiger partial charge < -0.3 is 10.3 Å². The molecule has 0 atom stereocenters. The van der Waals surface area contributed by atoms with Crippen LogP contribution in [-0.2, 0) is 6.54 Å². The molecule has 0 saturated carbocycles. The zero-order chi connectivity index (χ0) is 14.0. The number of pyridine rings is 1. The van der Waals surface area contributed by atoms with E-state index in [-0.39, 0.29) is 23.2 Å². The Morgan fingerprint density at radius 3 is 2.79 bits per heavy atom. The normalized spacial score (nSPS) is 10.2. The third-order valence-electron chi connectivity index (χ3n) is 2.62. The molecular weight excluding hydrogens is 313 g/mol. The molecule has 4 nitrogen and oxygen atoms in total. The molecule has 19 heavy (non-hydrogen) atoms. The van der Waals surface area contributed by atoms with Crippen LogP contribution >= 0.6 is 15.9 Å². The molecule has 2 aromatic rings. The van der Waals surface area contributed by atoms with Gasteiger partial charge in [-0.2, -0.15) is 5.26 Å². The molecular formula is C13H9BrFN3O. The molecule has 6 heteroatoms. The lowest BCUT2D eigenvalue weighted by atomic mass is 10.1. The lowest BCUT2D eigenvalue weighted by Gasteiger charge is -2.09. The second-order valence-corrected chi connectivity index (χ2v) is 4.81. The van der Waals surface area contributed by atoms with Gasteiger partial charge in [0.25, 0.3) is 0 Å². The Hall–Kier alpha value is -2.13. The van der Waals surface area contributed by atoms with Crippen LogP contribution in [0.5, 0.6) is 0 Å². The molecule has 0 aliphatic carbocycles. The summed E-state index contributed by atoms with van der Waals surface area (Å²) in [6.45, 7) is 0.185. The number of nitrogen functional groups attached to an aromatic ring is 1. The summed E-state index contributed by atoms with van der Waals surface area (Å²) in [5, 5.41) is 8.77. The van der Waals surface area contributed by atoms with Gasteiger partial charge in [-0.3, -0.25) is 4.79 Å². The van der Waals surface area contributed by atoms with E-state index in [9.17, 15) is 9.18 Å². The van der Waals surface area contributed by atoms with Crippen molar-refractivity contribution in [1.29, 1.82) is 5.26 Å². The van der Waals surface area contributed by atoms with Crippen LogP contribution in [0.15, 0.2) is 39.9 Å². The van der Waals surface area contributed by atoms with Crippen LogP contribution < -0.4 is 11.2 Å². The van der Waals surface area contributed by atoms with Crippen LogP contribution in [0.3, 0.4) is 0 Å². The summed E-state index contributed by atoms with van der Waals surface area (Å²) >= 11 is 3.10. The third kappa shape index (κ3) is 2.66. The van der Waals surface area contributed by atoms with Crippen LogP contribution in [0.1, 0.15) is 11.1 Å². The van der Waals surface area contributed by atoms with Crippen molar-refractivity contribution in [1.82, 2.24) is 4.57 Å². The van der Waals surface area contributed by atoms with Crippen molar-refractivity contribution >= 4 is 21.6 Å². The van der Waals surface area contributed by atoms with Gasteiger partial charge in [0, 0.05) is 18.0 Å². The smallest absolute Gasteiger partial charge is 0.218 e. The first-order valence-corrected chi connectivity index (χ1v) is 6.14. The Morgan fingerprint density at radius 1 is 1.42 bits per heavy atom. The van der Waals surface area contributed by atoms with Gasteiger partial charge in [-0.15, -0.1) is 0 Å². The molecule has 0 spiro atoms. The summed E-state index contributed by atoms with van der Waals surface area (Å²) in [4.78, 5) is 11.4. The standard InChI is InChI=1S/C13H9BrFN3O/c14-10-6-18(7-11(17)13(10)19)5-9-3-1-2-8(4-16)12(9)15/h1-3,6-7H,5,17H2. The molecule has 1 aromatic heterocycles. The number of nitrogens with two attached hydrogens (primary N) is 1. The second-order valence-electron chi connectivity index (χ2n) is 3.95. The number of benzene rings is 1. The molecule has 0 unspecified atom stereocenters.